The molecule has 1 aliphatic carbocycles. The number of thioether (sulfide) groups is 1. The summed E-state index contributed by atoms with van der Waals surface area (Å²) in [5.74, 6) is 0.0273. The molecule has 5 heteroatoms. The average Bonchev–Trinajstić information content (AvgIpc) is 2.65. The van der Waals surface area contributed by atoms with E-state index in [1.165, 1.54) is 37.6 Å². The standard InChI is InChI=1S/C17H26N2OS.C2H6.CH5N/c1-4-19-17(20)16-9-8-15(10-12(16)2)21-14-7-5-6-13(11-14)18-3;2*1-2/h8-10,13-14,18H,4-7,11H2,1-3H3,(H,19,20);1-2H3;2H2,1H3. The summed E-state index contributed by atoms with van der Waals surface area (Å²) in [5, 5.41) is 6.95. The predicted octanol–water partition coefficient (Wildman–Crippen LogP) is 3.97. The highest BCUT2D eigenvalue weighted by Gasteiger charge is 2.21. The maximum atomic E-state index is 11.9. The molecule has 4 nitrogen and oxygen atoms in total. The molecule has 25 heavy (non-hydrogen) atoms. The fraction of sp³-hybridized carbons (Fsp3) is 0.650. The first-order chi connectivity index (χ1) is 12.1. The van der Waals surface area contributed by atoms with E-state index in [0.717, 1.165) is 11.1 Å². The van der Waals surface area contributed by atoms with E-state index in [0.29, 0.717) is 17.8 Å². The first-order valence-electron chi connectivity index (χ1n) is 9.44. The minimum atomic E-state index is 0.0273. The summed E-state index contributed by atoms with van der Waals surface area (Å²) in [4.78, 5) is 13.2. The molecule has 1 aromatic carbocycles. The number of hydrogen-bond acceptors (Lipinski definition) is 4. The topological polar surface area (TPSA) is 67.2 Å². The van der Waals surface area contributed by atoms with Crippen molar-refractivity contribution in [2.24, 2.45) is 5.73 Å². The lowest BCUT2D eigenvalue weighted by atomic mass is 9.95. The first-order valence-corrected chi connectivity index (χ1v) is 10.3. The van der Waals surface area contributed by atoms with E-state index in [4.69, 9.17) is 0 Å². The predicted molar refractivity (Wildman–Crippen MR) is 112 cm³/mol. The van der Waals surface area contributed by atoms with Crippen LogP contribution in [0.4, 0.5) is 0 Å². The number of hydrogen-bond donors (Lipinski definition) is 3. The van der Waals surface area contributed by atoms with Crippen LogP contribution >= 0.6 is 11.8 Å². The molecule has 1 amide bonds. The molecule has 1 aromatic rings. The third-order valence-corrected chi connectivity index (χ3v) is 5.40. The molecule has 144 valence electrons. The van der Waals surface area contributed by atoms with Crippen LogP contribution in [-0.4, -0.2) is 37.8 Å². The summed E-state index contributed by atoms with van der Waals surface area (Å²) in [7, 11) is 3.56. The average molecular weight is 368 g/mol. The highest BCUT2D eigenvalue weighted by atomic mass is 32.2. The number of amides is 1. The maximum Gasteiger partial charge on any atom is 0.251 e. The van der Waals surface area contributed by atoms with Crippen LogP contribution < -0.4 is 16.4 Å². The van der Waals surface area contributed by atoms with Gasteiger partial charge in [-0.05, 0) is 71.0 Å². The number of aryl methyl sites for hydroxylation is 1. The van der Waals surface area contributed by atoms with Crippen molar-refractivity contribution >= 4 is 17.7 Å². The molecule has 2 atom stereocenters. The van der Waals surface area contributed by atoms with Crippen LogP contribution in [-0.2, 0) is 0 Å². The molecule has 2 unspecified atom stereocenters. The fourth-order valence-electron chi connectivity index (χ4n) is 2.93. The van der Waals surface area contributed by atoms with Crippen molar-refractivity contribution in [1.82, 2.24) is 10.6 Å². The van der Waals surface area contributed by atoms with Crippen LogP contribution in [0.1, 0.15) is 62.4 Å². The minimum absolute atomic E-state index is 0.0273. The molecule has 0 radical (unpaired) electrons. The molecule has 1 saturated carbocycles. The Bertz CT molecular complexity index is 494. The summed E-state index contributed by atoms with van der Waals surface area (Å²) in [6, 6.07) is 6.86. The van der Waals surface area contributed by atoms with Crippen molar-refractivity contribution in [2.75, 3.05) is 20.6 Å². The quantitative estimate of drug-likeness (QED) is 0.737. The zero-order valence-electron chi connectivity index (χ0n) is 16.8. The van der Waals surface area contributed by atoms with Gasteiger partial charge in [0.05, 0.1) is 0 Å². The van der Waals surface area contributed by atoms with Gasteiger partial charge in [0.15, 0.2) is 0 Å². The van der Waals surface area contributed by atoms with Crippen LogP contribution in [0.15, 0.2) is 23.1 Å². The number of carbonyl (C=O) groups excluding carboxylic acids is 1. The van der Waals surface area contributed by atoms with Crippen molar-refractivity contribution in [3.8, 4) is 0 Å². The van der Waals surface area contributed by atoms with Crippen molar-refractivity contribution in [2.45, 2.75) is 69.6 Å². The fourth-order valence-corrected chi connectivity index (χ4v) is 4.32. The largest absolute Gasteiger partial charge is 0.352 e. The molecule has 1 aliphatic rings. The smallest absolute Gasteiger partial charge is 0.251 e. The lowest BCUT2D eigenvalue weighted by Crippen LogP contribution is -2.32. The van der Waals surface area contributed by atoms with Crippen LogP contribution in [0.3, 0.4) is 0 Å². The number of nitrogens with one attached hydrogen (secondary N) is 2. The molecular formula is C20H37N3OS. The zero-order chi connectivity index (χ0) is 19.2. The van der Waals surface area contributed by atoms with E-state index < -0.39 is 0 Å². The Labute approximate surface area is 158 Å². The molecule has 0 bridgehead atoms. The van der Waals surface area contributed by atoms with Crippen LogP contribution in [0.2, 0.25) is 0 Å². The van der Waals surface area contributed by atoms with E-state index in [1.807, 2.05) is 45.5 Å². The summed E-state index contributed by atoms with van der Waals surface area (Å²) in [5.41, 5.74) is 6.35. The van der Waals surface area contributed by atoms with Gasteiger partial charge in [0.2, 0.25) is 0 Å². The SMILES string of the molecule is CC.CCNC(=O)c1ccc(SC2CCCC(NC)C2)cc1C.CN. The van der Waals surface area contributed by atoms with Crippen molar-refractivity contribution in [3.05, 3.63) is 29.3 Å². The first kappa shape index (κ1) is 24.0. The summed E-state index contributed by atoms with van der Waals surface area (Å²) in [6.45, 7) is 8.63. The number of rotatable bonds is 5. The van der Waals surface area contributed by atoms with Crippen LogP contribution in [0.5, 0.6) is 0 Å². The lowest BCUT2D eigenvalue weighted by Gasteiger charge is -2.28. The summed E-state index contributed by atoms with van der Waals surface area (Å²) < 4.78 is 0. The van der Waals surface area contributed by atoms with Gasteiger partial charge < -0.3 is 16.4 Å². The van der Waals surface area contributed by atoms with Gasteiger partial charge >= 0.3 is 0 Å². The lowest BCUT2D eigenvalue weighted by molar-refractivity contribution is 0.0955. The molecule has 0 heterocycles. The number of nitrogens with two attached hydrogens (primary N) is 1. The maximum absolute atomic E-state index is 11.9. The van der Waals surface area contributed by atoms with Crippen molar-refractivity contribution in [3.63, 3.8) is 0 Å². The van der Waals surface area contributed by atoms with Gasteiger partial charge in [-0.3, -0.25) is 4.79 Å². The highest BCUT2D eigenvalue weighted by molar-refractivity contribution is 8.00. The Hall–Kier alpha value is -1.04. The third kappa shape index (κ3) is 8.25. The molecule has 0 aromatic heterocycles. The van der Waals surface area contributed by atoms with Gasteiger partial charge in [-0.25, -0.2) is 0 Å². The molecule has 4 N–H and O–H groups in total. The van der Waals surface area contributed by atoms with E-state index in [2.05, 4.69) is 35.5 Å². The second-order valence-corrected chi connectivity index (χ2v) is 7.10. The highest BCUT2D eigenvalue weighted by Crippen LogP contribution is 2.34. The Morgan fingerprint density at radius 3 is 2.52 bits per heavy atom. The van der Waals surface area contributed by atoms with Crippen LogP contribution in [0.25, 0.3) is 0 Å². The molecule has 0 spiro atoms. The second kappa shape index (κ2) is 14.2. The Morgan fingerprint density at radius 2 is 1.96 bits per heavy atom. The normalized spacial score (nSPS) is 19.0. The zero-order valence-corrected chi connectivity index (χ0v) is 17.6. The molecule has 2 rings (SSSR count). The second-order valence-electron chi connectivity index (χ2n) is 5.73. The minimum Gasteiger partial charge on any atom is -0.352 e. The van der Waals surface area contributed by atoms with Gasteiger partial charge in [-0.2, -0.15) is 0 Å². The Kier molecular flexibility index (Phi) is 13.6. The van der Waals surface area contributed by atoms with Crippen LogP contribution in [0, 0.1) is 6.92 Å². The van der Waals surface area contributed by atoms with E-state index in [1.54, 1.807) is 0 Å². The Balaban J connectivity index is 0.00000134. The van der Waals surface area contributed by atoms with Gasteiger partial charge in [-0.15, -0.1) is 11.8 Å². The molecular weight excluding hydrogens is 330 g/mol. The van der Waals surface area contributed by atoms with E-state index >= 15 is 0 Å². The van der Waals surface area contributed by atoms with Crippen molar-refractivity contribution < 1.29 is 4.79 Å². The summed E-state index contributed by atoms with van der Waals surface area (Å²) in [6.07, 6.45) is 5.13. The van der Waals surface area contributed by atoms with Gasteiger partial charge in [-0.1, -0.05) is 20.3 Å². The van der Waals surface area contributed by atoms with E-state index in [9.17, 15) is 4.79 Å². The van der Waals surface area contributed by atoms with Gasteiger partial charge in [0.1, 0.15) is 0 Å². The number of carbonyl (C=O) groups is 1. The van der Waals surface area contributed by atoms with Gasteiger partial charge in [0.25, 0.3) is 5.91 Å². The summed E-state index contributed by atoms with van der Waals surface area (Å²) >= 11 is 1.96. The van der Waals surface area contributed by atoms with Crippen molar-refractivity contribution in [1.29, 1.82) is 0 Å². The molecule has 0 aliphatic heterocycles. The van der Waals surface area contributed by atoms with Gasteiger partial charge in [0, 0.05) is 28.3 Å². The molecule has 0 saturated heterocycles. The Morgan fingerprint density at radius 1 is 1.28 bits per heavy atom. The monoisotopic (exact) mass is 367 g/mol. The third-order valence-electron chi connectivity index (χ3n) is 4.12. The van der Waals surface area contributed by atoms with E-state index in [-0.39, 0.29) is 5.91 Å². The number of benzene rings is 1. The molecule has 1 fully saturated rings.